The number of hydrogen-bond acceptors (Lipinski definition) is 3. The molecule has 8 heteroatoms. The van der Waals surface area contributed by atoms with Crippen molar-refractivity contribution < 1.29 is 9.59 Å². The van der Waals surface area contributed by atoms with Crippen LogP contribution in [0.3, 0.4) is 0 Å². The van der Waals surface area contributed by atoms with Gasteiger partial charge in [0.2, 0.25) is 5.91 Å². The molecule has 1 unspecified atom stereocenters. The lowest BCUT2D eigenvalue weighted by Gasteiger charge is -2.19. The third-order valence-electron chi connectivity index (χ3n) is 4.39. The minimum Gasteiger partial charge on any atom is -0.352 e. The number of benzene rings is 1. The molecule has 0 aromatic heterocycles. The van der Waals surface area contributed by atoms with Gasteiger partial charge in [-0.2, -0.15) is 0 Å². The molecule has 1 saturated heterocycles. The lowest BCUT2D eigenvalue weighted by Crippen LogP contribution is -2.44. The van der Waals surface area contributed by atoms with Gasteiger partial charge < -0.3 is 20.9 Å². The molecule has 1 aliphatic rings. The molecule has 0 aliphatic carbocycles. The van der Waals surface area contributed by atoms with Gasteiger partial charge in [-0.25, -0.2) is 0 Å². The molecule has 0 spiro atoms. The number of hydrogen-bond donors (Lipinski definition) is 3. The fraction of sp³-hybridized carbons (Fsp3) is 0.526. The predicted molar refractivity (Wildman–Crippen MR) is 118 cm³/mol. The highest BCUT2D eigenvalue weighted by Gasteiger charge is 2.25. The van der Waals surface area contributed by atoms with Crippen molar-refractivity contribution in [3.8, 4) is 0 Å². The van der Waals surface area contributed by atoms with Crippen LogP contribution in [0.2, 0.25) is 0 Å². The third kappa shape index (κ3) is 7.00. The summed E-state index contributed by atoms with van der Waals surface area (Å²) >= 11 is 0. The topological polar surface area (TPSA) is 85.8 Å². The Morgan fingerprint density at radius 2 is 2.04 bits per heavy atom. The van der Waals surface area contributed by atoms with Crippen LogP contribution in [0.25, 0.3) is 0 Å². The first-order chi connectivity index (χ1) is 12.6. The number of likely N-dealkylation sites (tertiary alicyclic amines) is 1. The second-order valence-electron chi connectivity index (χ2n) is 6.31. The molecule has 27 heavy (non-hydrogen) atoms. The zero-order valence-electron chi connectivity index (χ0n) is 16.2. The van der Waals surface area contributed by atoms with Gasteiger partial charge in [0.05, 0.1) is 0 Å². The first-order valence-electron chi connectivity index (χ1n) is 9.19. The van der Waals surface area contributed by atoms with Crippen molar-refractivity contribution in [2.45, 2.75) is 39.3 Å². The Bertz CT molecular complexity index is 665. The van der Waals surface area contributed by atoms with E-state index in [1.54, 1.807) is 13.1 Å². The number of nitrogens with one attached hydrogen (secondary N) is 3. The van der Waals surface area contributed by atoms with Crippen molar-refractivity contribution in [3.63, 3.8) is 0 Å². The lowest BCUT2D eigenvalue weighted by molar-refractivity contribution is -0.129. The summed E-state index contributed by atoms with van der Waals surface area (Å²) in [7, 11) is 1.73. The number of amides is 2. The Kier molecular flexibility index (Phi) is 10.1. The Labute approximate surface area is 178 Å². The van der Waals surface area contributed by atoms with E-state index in [9.17, 15) is 9.59 Å². The van der Waals surface area contributed by atoms with E-state index in [-0.39, 0.29) is 41.8 Å². The first-order valence-corrected chi connectivity index (χ1v) is 9.19. The van der Waals surface area contributed by atoms with E-state index < -0.39 is 0 Å². The van der Waals surface area contributed by atoms with Crippen LogP contribution < -0.4 is 16.0 Å². The largest absolute Gasteiger partial charge is 0.352 e. The molecule has 0 radical (unpaired) electrons. The molecule has 1 atom stereocenters. The molecule has 1 fully saturated rings. The van der Waals surface area contributed by atoms with Gasteiger partial charge in [-0.1, -0.05) is 19.1 Å². The Morgan fingerprint density at radius 3 is 2.70 bits per heavy atom. The maximum atomic E-state index is 11.9. The van der Waals surface area contributed by atoms with E-state index in [0.29, 0.717) is 37.6 Å². The highest BCUT2D eigenvalue weighted by molar-refractivity contribution is 14.0. The third-order valence-corrected chi connectivity index (χ3v) is 4.39. The molecule has 150 valence electrons. The first kappa shape index (κ1) is 23.2. The lowest BCUT2D eigenvalue weighted by atomic mass is 10.1. The van der Waals surface area contributed by atoms with E-state index in [2.05, 4.69) is 20.9 Å². The monoisotopic (exact) mass is 487 g/mol. The van der Waals surface area contributed by atoms with Crippen LogP contribution in [0.5, 0.6) is 0 Å². The molecule has 1 heterocycles. The van der Waals surface area contributed by atoms with Gasteiger partial charge in [0.1, 0.15) is 0 Å². The highest BCUT2D eigenvalue weighted by atomic mass is 127. The molecular weight excluding hydrogens is 457 g/mol. The Hall–Kier alpha value is -1.84. The number of rotatable bonds is 6. The highest BCUT2D eigenvalue weighted by Crippen LogP contribution is 2.10. The zero-order valence-corrected chi connectivity index (χ0v) is 18.6. The van der Waals surface area contributed by atoms with Gasteiger partial charge in [-0.05, 0) is 31.0 Å². The van der Waals surface area contributed by atoms with Crippen molar-refractivity contribution in [2.24, 2.45) is 4.99 Å². The van der Waals surface area contributed by atoms with Crippen LogP contribution in [-0.2, 0) is 11.3 Å². The number of aliphatic imine (C=N–C) groups is 1. The average Bonchev–Trinajstić information content (AvgIpc) is 3.13. The number of nitrogens with zero attached hydrogens (tertiary/aromatic N) is 2. The van der Waals surface area contributed by atoms with Crippen LogP contribution in [0.4, 0.5) is 0 Å². The second-order valence-corrected chi connectivity index (χ2v) is 6.31. The van der Waals surface area contributed by atoms with E-state index in [0.717, 1.165) is 18.5 Å². The van der Waals surface area contributed by atoms with Crippen LogP contribution in [0.1, 0.15) is 42.6 Å². The molecule has 1 aliphatic heterocycles. The van der Waals surface area contributed by atoms with E-state index in [1.807, 2.05) is 36.9 Å². The fourth-order valence-electron chi connectivity index (χ4n) is 2.99. The predicted octanol–water partition coefficient (Wildman–Crippen LogP) is 1.73. The summed E-state index contributed by atoms with van der Waals surface area (Å²) in [5, 5.41) is 9.44. The molecule has 2 rings (SSSR count). The summed E-state index contributed by atoms with van der Waals surface area (Å²) in [5.74, 6) is 0.826. The van der Waals surface area contributed by atoms with Crippen molar-refractivity contribution in [1.82, 2.24) is 20.9 Å². The summed E-state index contributed by atoms with van der Waals surface area (Å²) in [6.07, 6.45) is 1.46. The SMILES string of the molecule is CCNC(=O)c1cccc(CNC(=NC)NC2CCN(C(=O)CC)C2)c1.I. The molecule has 0 bridgehead atoms. The zero-order chi connectivity index (χ0) is 18.9. The minimum absolute atomic E-state index is 0. The maximum absolute atomic E-state index is 11.9. The molecule has 1 aromatic rings. The quantitative estimate of drug-likeness (QED) is 0.324. The maximum Gasteiger partial charge on any atom is 0.251 e. The second kappa shape index (κ2) is 11.8. The molecule has 7 nitrogen and oxygen atoms in total. The minimum atomic E-state index is -0.0662. The summed E-state index contributed by atoms with van der Waals surface area (Å²) in [4.78, 5) is 29.9. The van der Waals surface area contributed by atoms with Crippen LogP contribution in [0, 0.1) is 0 Å². The number of halogens is 1. The van der Waals surface area contributed by atoms with Gasteiger partial charge in [0, 0.05) is 51.3 Å². The Morgan fingerprint density at radius 1 is 1.26 bits per heavy atom. The van der Waals surface area contributed by atoms with Crippen LogP contribution in [-0.4, -0.2) is 55.4 Å². The fourth-order valence-corrected chi connectivity index (χ4v) is 2.99. The van der Waals surface area contributed by atoms with E-state index in [1.165, 1.54) is 0 Å². The van der Waals surface area contributed by atoms with E-state index >= 15 is 0 Å². The Balaban J connectivity index is 0.00000364. The molecular formula is C19H30IN5O2. The van der Waals surface area contributed by atoms with Crippen molar-refractivity contribution >= 4 is 41.8 Å². The number of guanidine groups is 1. The standard InChI is InChI=1S/C19H29N5O2.HI/c1-4-17(25)24-10-9-16(13-24)23-19(20-3)22-12-14-7-6-8-15(11-14)18(26)21-5-2;/h6-8,11,16H,4-5,9-10,12-13H2,1-3H3,(H,21,26)(H2,20,22,23);1H. The summed E-state index contributed by atoms with van der Waals surface area (Å²) in [6.45, 7) is 6.46. The van der Waals surface area contributed by atoms with Gasteiger partial charge >= 0.3 is 0 Å². The van der Waals surface area contributed by atoms with E-state index in [4.69, 9.17) is 0 Å². The summed E-state index contributed by atoms with van der Waals surface area (Å²) < 4.78 is 0. The molecule has 0 saturated carbocycles. The normalized spacial score (nSPS) is 16.5. The van der Waals surface area contributed by atoms with Gasteiger partial charge in [-0.15, -0.1) is 24.0 Å². The van der Waals surface area contributed by atoms with Crippen LogP contribution >= 0.6 is 24.0 Å². The van der Waals surface area contributed by atoms with Crippen LogP contribution in [0.15, 0.2) is 29.3 Å². The average molecular weight is 487 g/mol. The van der Waals surface area contributed by atoms with Crippen molar-refractivity contribution in [1.29, 1.82) is 0 Å². The number of carbonyl (C=O) groups excluding carboxylic acids is 2. The summed E-state index contributed by atoms with van der Waals surface area (Å²) in [6, 6.07) is 7.74. The smallest absolute Gasteiger partial charge is 0.251 e. The van der Waals surface area contributed by atoms with Gasteiger partial charge in [0.15, 0.2) is 5.96 Å². The van der Waals surface area contributed by atoms with Crippen molar-refractivity contribution in [2.75, 3.05) is 26.7 Å². The van der Waals surface area contributed by atoms with Crippen molar-refractivity contribution in [3.05, 3.63) is 35.4 Å². The molecule has 2 amide bonds. The summed E-state index contributed by atoms with van der Waals surface area (Å²) in [5.41, 5.74) is 1.66. The van der Waals surface area contributed by atoms with Gasteiger partial charge in [-0.3, -0.25) is 14.6 Å². The number of carbonyl (C=O) groups is 2. The molecule has 3 N–H and O–H groups in total. The van der Waals surface area contributed by atoms with Gasteiger partial charge in [0.25, 0.3) is 5.91 Å². The molecule has 1 aromatic carbocycles.